The minimum Gasteiger partial charge on any atom is -0.333 e. The molecule has 2 N–H and O–H groups in total. The highest BCUT2D eigenvalue weighted by atomic mass is 32.1. The zero-order valence-electron chi connectivity index (χ0n) is 13.7. The van der Waals surface area contributed by atoms with E-state index in [9.17, 15) is 4.79 Å². The van der Waals surface area contributed by atoms with Gasteiger partial charge in [0.1, 0.15) is 12.2 Å². The van der Waals surface area contributed by atoms with Crippen molar-refractivity contribution in [2.24, 2.45) is 5.41 Å². The van der Waals surface area contributed by atoms with Gasteiger partial charge in [-0.3, -0.25) is 5.32 Å². The Morgan fingerprint density at radius 1 is 1.48 bits per heavy atom. The lowest BCUT2D eigenvalue weighted by atomic mass is 9.91. The minimum absolute atomic E-state index is 0.0678. The van der Waals surface area contributed by atoms with Gasteiger partial charge in [-0.05, 0) is 18.3 Å². The summed E-state index contributed by atoms with van der Waals surface area (Å²) in [5.41, 5.74) is 1.20. The summed E-state index contributed by atoms with van der Waals surface area (Å²) in [6.45, 7) is 7.19. The molecule has 1 aliphatic rings. The third-order valence-electron chi connectivity index (χ3n) is 3.62. The molecule has 0 aromatic carbocycles. The number of thiazole rings is 1. The van der Waals surface area contributed by atoms with Gasteiger partial charge in [0.25, 0.3) is 0 Å². The van der Waals surface area contributed by atoms with Gasteiger partial charge in [-0.15, -0.1) is 11.3 Å². The van der Waals surface area contributed by atoms with Crippen molar-refractivity contribution in [1.82, 2.24) is 25.1 Å². The fraction of sp³-hybridized carbons (Fsp3) is 0.600. The first-order valence-electron chi connectivity index (χ1n) is 7.78. The Kier molecular flexibility index (Phi) is 4.34. The first kappa shape index (κ1) is 15.9. The number of aryl methyl sites for hydroxylation is 1. The average Bonchev–Trinajstić information content (AvgIpc) is 3.05. The van der Waals surface area contributed by atoms with Crippen LogP contribution in [-0.4, -0.2) is 31.8 Å². The van der Waals surface area contributed by atoms with Crippen molar-refractivity contribution in [3.8, 4) is 0 Å². The molecule has 3 rings (SSSR count). The lowest BCUT2D eigenvalue weighted by Gasteiger charge is -2.23. The highest BCUT2D eigenvalue weighted by Crippen LogP contribution is 2.24. The van der Waals surface area contributed by atoms with Crippen molar-refractivity contribution in [2.75, 3.05) is 5.32 Å². The van der Waals surface area contributed by atoms with Crippen molar-refractivity contribution in [3.05, 3.63) is 23.2 Å². The van der Waals surface area contributed by atoms with Crippen LogP contribution in [0.4, 0.5) is 9.93 Å². The standard InChI is InChI=1S/C15H22N6OS/c1-15(2,3)6-11-8-23-14(19-11)20-13(22)18-10-4-5-12-16-9-17-21(12)7-10/h8-10H,4-7H2,1-3H3,(H2,18,19,20,22)/t10-/m0/s1. The van der Waals surface area contributed by atoms with Gasteiger partial charge in [-0.25, -0.2) is 19.4 Å². The summed E-state index contributed by atoms with van der Waals surface area (Å²) in [5.74, 6) is 0.982. The van der Waals surface area contributed by atoms with Crippen molar-refractivity contribution in [3.63, 3.8) is 0 Å². The molecule has 3 heterocycles. The van der Waals surface area contributed by atoms with Crippen LogP contribution in [0.1, 0.15) is 38.7 Å². The maximum atomic E-state index is 12.1. The number of rotatable bonds is 3. The van der Waals surface area contributed by atoms with Gasteiger partial charge >= 0.3 is 6.03 Å². The number of carbonyl (C=O) groups is 1. The summed E-state index contributed by atoms with van der Waals surface area (Å²) >= 11 is 1.46. The molecule has 124 valence electrons. The highest BCUT2D eigenvalue weighted by molar-refractivity contribution is 7.13. The molecule has 2 aromatic rings. The Morgan fingerprint density at radius 3 is 3.09 bits per heavy atom. The molecule has 0 bridgehead atoms. The van der Waals surface area contributed by atoms with Crippen LogP contribution >= 0.6 is 11.3 Å². The van der Waals surface area contributed by atoms with E-state index in [4.69, 9.17) is 0 Å². The van der Waals surface area contributed by atoms with Crippen molar-refractivity contribution in [1.29, 1.82) is 0 Å². The lowest BCUT2D eigenvalue weighted by Crippen LogP contribution is -2.43. The Hall–Kier alpha value is -1.96. The zero-order chi connectivity index (χ0) is 16.4. The molecule has 0 saturated heterocycles. The third-order valence-corrected chi connectivity index (χ3v) is 4.43. The molecule has 7 nitrogen and oxygen atoms in total. The summed E-state index contributed by atoms with van der Waals surface area (Å²) in [4.78, 5) is 20.8. The van der Waals surface area contributed by atoms with Gasteiger partial charge in [-0.2, -0.15) is 5.10 Å². The number of urea groups is 1. The van der Waals surface area contributed by atoms with Gasteiger partial charge in [-0.1, -0.05) is 20.8 Å². The maximum absolute atomic E-state index is 12.1. The Balaban J connectivity index is 1.52. The summed E-state index contributed by atoms with van der Waals surface area (Å²) in [6, 6.07) is -0.145. The molecule has 0 radical (unpaired) electrons. The monoisotopic (exact) mass is 334 g/mol. The fourth-order valence-electron chi connectivity index (χ4n) is 2.66. The van der Waals surface area contributed by atoms with Crippen LogP contribution in [0.3, 0.4) is 0 Å². The van der Waals surface area contributed by atoms with E-state index in [0.29, 0.717) is 11.7 Å². The quantitative estimate of drug-likeness (QED) is 0.903. The zero-order valence-corrected chi connectivity index (χ0v) is 14.5. The lowest BCUT2D eigenvalue weighted by molar-refractivity contribution is 0.243. The summed E-state index contributed by atoms with van der Waals surface area (Å²) in [5, 5.41) is 12.6. The van der Waals surface area contributed by atoms with Crippen LogP contribution in [0.5, 0.6) is 0 Å². The number of aromatic nitrogens is 4. The molecule has 0 unspecified atom stereocenters. The SMILES string of the molecule is CC(C)(C)Cc1csc(NC(=O)N[C@H]2CCc3ncnn3C2)n1. The van der Waals surface area contributed by atoms with Gasteiger partial charge in [0.05, 0.1) is 18.3 Å². The summed E-state index contributed by atoms with van der Waals surface area (Å²) < 4.78 is 1.85. The number of anilines is 1. The largest absolute Gasteiger partial charge is 0.333 e. The molecular weight excluding hydrogens is 312 g/mol. The van der Waals surface area contributed by atoms with Gasteiger partial charge in [0.15, 0.2) is 5.13 Å². The van der Waals surface area contributed by atoms with E-state index < -0.39 is 0 Å². The van der Waals surface area contributed by atoms with Crippen molar-refractivity contribution >= 4 is 22.5 Å². The molecule has 1 atom stereocenters. The Bertz CT molecular complexity index is 686. The highest BCUT2D eigenvalue weighted by Gasteiger charge is 2.21. The second-order valence-electron chi connectivity index (χ2n) is 7.07. The summed E-state index contributed by atoms with van der Waals surface area (Å²) in [7, 11) is 0. The van der Waals surface area contributed by atoms with Crippen molar-refractivity contribution < 1.29 is 4.79 Å². The molecule has 0 spiro atoms. The molecule has 0 aliphatic carbocycles. The molecule has 2 amide bonds. The molecule has 0 saturated carbocycles. The van der Waals surface area contributed by atoms with Gasteiger partial charge in [0.2, 0.25) is 0 Å². The van der Waals surface area contributed by atoms with Gasteiger partial charge < -0.3 is 5.32 Å². The number of hydrogen-bond donors (Lipinski definition) is 2. The maximum Gasteiger partial charge on any atom is 0.321 e. The first-order valence-corrected chi connectivity index (χ1v) is 8.66. The van der Waals surface area contributed by atoms with Crippen LogP contribution in [0.2, 0.25) is 0 Å². The number of fused-ring (bicyclic) bond motifs is 1. The molecule has 1 aliphatic heterocycles. The number of carbonyl (C=O) groups excluding carboxylic acids is 1. The van der Waals surface area contributed by atoms with Crippen LogP contribution in [0.15, 0.2) is 11.7 Å². The van der Waals surface area contributed by atoms with E-state index in [-0.39, 0.29) is 17.5 Å². The van der Waals surface area contributed by atoms with E-state index >= 15 is 0 Å². The molecule has 0 fully saturated rings. The second kappa shape index (κ2) is 6.27. The molecule has 23 heavy (non-hydrogen) atoms. The smallest absolute Gasteiger partial charge is 0.321 e. The van der Waals surface area contributed by atoms with Crippen molar-refractivity contribution in [2.45, 2.75) is 52.6 Å². The van der Waals surface area contributed by atoms with Crippen LogP contribution in [0.25, 0.3) is 0 Å². The average molecular weight is 334 g/mol. The fourth-order valence-corrected chi connectivity index (χ4v) is 3.37. The second-order valence-corrected chi connectivity index (χ2v) is 7.93. The van der Waals surface area contributed by atoms with E-state index in [1.807, 2.05) is 10.1 Å². The number of nitrogens with one attached hydrogen (secondary N) is 2. The van der Waals surface area contributed by atoms with Gasteiger partial charge in [0, 0.05) is 11.8 Å². The molecular formula is C15H22N6OS. The van der Waals surface area contributed by atoms with Crippen LogP contribution in [-0.2, 0) is 19.4 Å². The number of nitrogens with zero attached hydrogens (tertiary/aromatic N) is 4. The first-order chi connectivity index (χ1) is 10.9. The molecule has 8 heteroatoms. The predicted molar refractivity (Wildman–Crippen MR) is 89.6 cm³/mol. The van der Waals surface area contributed by atoms with E-state index in [1.54, 1.807) is 6.33 Å². The van der Waals surface area contributed by atoms with Crippen LogP contribution in [0, 0.1) is 5.41 Å². The topological polar surface area (TPSA) is 84.7 Å². The predicted octanol–water partition coefficient (Wildman–Crippen LogP) is 2.46. The molecule has 2 aromatic heterocycles. The summed E-state index contributed by atoms with van der Waals surface area (Å²) in [6.07, 6.45) is 4.16. The van der Waals surface area contributed by atoms with E-state index in [0.717, 1.165) is 30.8 Å². The normalized spacial score (nSPS) is 17.6. The van der Waals surface area contributed by atoms with Crippen LogP contribution < -0.4 is 10.6 Å². The Labute approximate surface area is 139 Å². The number of hydrogen-bond acceptors (Lipinski definition) is 5. The van der Waals surface area contributed by atoms with E-state index in [1.165, 1.54) is 11.3 Å². The third kappa shape index (κ3) is 4.28. The Morgan fingerprint density at radius 2 is 2.30 bits per heavy atom. The minimum atomic E-state index is -0.213. The van der Waals surface area contributed by atoms with E-state index in [2.05, 4.69) is 46.5 Å². The number of amides is 2.